The van der Waals surface area contributed by atoms with Gasteiger partial charge >= 0.3 is 5.97 Å². The van der Waals surface area contributed by atoms with Crippen molar-refractivity contribution >= 4 is 69.6 Å². The molecule has 1 aliphatic heterocycles. The number of carbonyl (C=O) groups is 3. The topological polar surface area (TPSA) is 75.7 Å². The smallest absolute Gasteiger partial charge is 0.329 e. The van der Waals surface area contributed by atoms with Gasteiger partial charge in [0.2, 0.25) is 0 Å². The average Bonchev–Trinajstić information content (AvgIpc) is 3.35. The van der Waals surface area contributed by atoms with Gasteiger partial charge in [0, 0.05) is 6.54 Å². The number of ether oxygens (including phenoxy) is 1. The zero-order chi connectivity index (χ0) is 20.3. The Balaban J connectivity index is 1.56. The van der Waals surface area contributed by atoms with E-state index < -0.39 is 24.5 Å². The van der Waals surface area contributed by atoms with Gasteiger partial charge in [0.1, 0.15) is 6.04 Å². The van der Waals surface area contributed by atoms with Crippen LogP contribution in [0.25, 0.3) is 0 Å². The van der Waals surface area contributed by atoms with Gasteiger partial charge in [0.05, 0.1) is 25.6 Å². The van der Waals surface area contributed by atoms with Crippen LogP contribution in [0.3, 0.4) is 0 Å². The predicted molar refractivity (Wildman–Crippen MR) is 109 cm³/mol. The highest BCUT2D eigenvalue weighted by molar-refractivity contribution is 7.12. The van der Waals surface area contributed by atoms with E-state index in [-0.39, 0.29) is 26.7 Å². The van der Waals surface area contributed by atoms with Crippen LogP contribution in [-0.2, 0) is 14.3 Å². The van der Waals surface area contributed by atoms with Crippen molar-refractivity contribution in [2.45, 2.75) is 18.9 Å². The van der Waals surface area contributed by atoms with E-state index >= 15 is 0 Å². The van der Waals surface area contributed by atoms with Crippen molar-refractivity contribution in [3.8, 4) is 0 Å². The van der Waals surface area contributed by atoms with Crippen molar-refractivity contribution in [1.29, 1.82) is 0 Å². The fraction of sp³-hybridized carbons (Fsp3) is 0.278. The minimum absolute atomic E-state index is 0.206. The second-order valence-corrected chi connectivity index (χ2v) is 8.21. The van der Waals surface area contributed by atoms with Crippen molar-refractivity contribution in [3.05, 3.63) is 49.6 Å². The Kier molecular flexibility index (Phi) is 6.82. The van der Waals surface area contributed by atoms with Crippen LogP contribution < -0.4 is 5.32 Å². The zero-order valence-electron chi connectivity index (χ0n) is 14.4. The van der Waals surface area contributed by atoms with Gasteiger partial charge in [-0.2, -0.15) is 0 Å². The Labute approximate surface area is 180 Å². The first-order valence-electron chi connectivity index (χ1n) is 8.32. The summed E-state index contributed by atoms with van der Waals surface area (Å²) in [7, 11) is 0. The third kappa shape index (κ3) is 4.78. The molecule has 2 aromatic rings. The summed E-state index contributed by atoms with van der Waals surface area (Å²) in [4.78, 5) is 39.0. The summed E-state index contributed by atoms with van der Waals surface area (Å²) in [5.74, 6) is -1.40. The van der Waals surface area contributed by atoms with Crippen molar-refractivity contribution < 1.29 is 19.1 Å². The van der Waals surface area contributed by atoms with Crippen molar-refractivity contribution in [2.75, 3.05) is 18.5 Å². The lowest BCUT2D eigenvalue weighted by Crippen LogP contribution is -2.41. The summed E-state index contributed by atoms with van der Waals surface area (Å²) in [6.07, 6.45) is 1.19. The van der Waals surface area contributed by atoms with Crippen molar-refractivity contribution in [1.82, 2.24) is 4.90 Å². The Morgan fingerprint density at radius 2 is 1.93 bits per heavy atom. The summed E-state index contributed by atoms with van der Waals surface area (Å²) in [5, 5.41) is 5.00. The Morgan fingerprint density at radius 1 is 1.18 bits per heavy atom. The summed E-state index contributed by atoms with van der Waals surface area (Å²) in [6, 6.07) is 5.60. The molecule has 0 unspecified atom stereocenters. The SMILES string of the molecule is O=C(COC(=O)[C@H]1CCCN1C(=O)c1cccs1)Nc1cc(Cl)c(Cl)cc1Cl. The molecule has 1 atom stereocenters. The van der Waals surface area contributed by atoms with Crippen molar-refractivity contribution in [3.63, 3.8) is 0 Å². The number of nitrogens with zero attached hydrogens (tertiary/aromatic N) is 1. The van der Waals surface area contributed by atoms with Gasteiger partial charge in [-0.3, -0.25) is 9.59 Å². The van der Waals surface area contributed by atoms with Crippen LogP contribution in [0.2, 0.25) is 15.1 Å². The number of thiophene rings is 1. The number of likely N-dealkylation sites (tertiary alicyclic amines) is 1. The predicted octanol–water partition coefficient (Wildman–Crippen LogP) is 4.49. The lowest BCUT2D eigenvalue weighted by molar-refractivity contribution is -0.151. The van der Waals surface area contributed by atoms with Crippen molar-refractivity contribution in [2.24, 2.45) is 0 Å². The molecule has 0 spiro atoms. The van der Waals surface area contributed by atoms with Crippen LogP contribution in [-0.4, -0.2) is 41.9 Å². The standard InChI is InChI=1S/C18H15Cl3N2O4S/c19-10-7-12(21)13(8-11(10)20)22-16(24)9-27-18(26)14-3-1-5-23(14)17(25)15-4-2-6-28-15/h2,4,6-8,14H,1,3,5,9H2,(H,22,24)/t14-/m1/s1. The lowest BCUT2D eigenvalue weighted by atomic mass is 10.2. The molecule has 2 amide bonds. The number of nitrogens with one attached hydrogen (secondary N) is 1. The van der Waals surface area contributed by atoms with Crippen LogP contribution in [0, 0.1) is 0 Å². The second kappa shape index (κ2) is 9.13. The molecular weight excluding hydrogens is 447 g/mol. The minimum Gasteiger partial charge on any atom is -0.454 e. The monoisotopic (exact) mass is 460 g/mol. The summed E-state index contributed by atoms with van der Waals surface area (Å²) in [6.45, 7) is -0.0332. The highest BCUT2D eigenvalue weighted by atomic mass is 35.5. The minimum atomic E-state index is -0.698. The van der Waals surface area contributed by atoms with Crippen LogP contribution >= 0.6 is 46.1 Å². The maximum absolute atomic E-state index is 12.5. The highest BCUT2D eigenvalue weighted by Gasteiger charge is 2.36. The quantitative estimate of drug-likeness (QED) is 0.526. The number of anilines is 1. The summed E-state index contributed by atoms with van der Waals surface area (Å²) in [5.41, 5.74) is 0.257. The van der Waals surface area contributed by atoms with E-state index in [4.69, 9.17) is 39.5 Å². The molecule has 1 aliphatic rings. The number of esters is 1. The van der Waals surface area contributed by atoms with E-state index in [1.807, 2.05) is 0 Å². The molecule has 1 fully saturated rings. The molecule has 2 heterocycles. The second-order valence-electron chi connectivity index (χ2n) is 6.04. The molecule has 3 rings (SSSR count). The first kappa shape index (κ1) is 20.9. The van der Waals surface area contributed by atoms with Crippen LogP contribution in [0.15, 0.2) is 29.6 Å². The van der Waals surface area contributed by atoms with Gasteiger partial charge in [-0.05, 0) is 36.4 Å². The largest absolute Gasteiger partial charge is 0.454 e. The molecule has 28 heavy (non-hydrogen) atoms. The molecule has 0 radical (unpaired) electrons. The molecule has 0 bridgehead atoms. The maximum atomic E-state index is 12.5. The molecule has 1 N–H and O–H groups in total. The molecule has 0 aliphatic carbocycles. The normalized spacial score (nSPS) is 16.1. The zero-order valence-corrected chi connectivity index (χ0v) is 17.5. The Hall–Kier alpha value is -1.80. The molecule has 1 saturated heterocycles. The fourth-order valence-electron chi connectivity index (χ4n) is 2.83. The number of hydrogen-bond acceptors (Lipinski definition) is 5. The third-order valence-electron chi connectivity index (χ3n) is 4.15. The van der Waals surface area contributed by atoms with Gasteiger partial charge in [-0.25, -0.2) is 4.79 Å². The molecule has 10 heteroatoms. The van der Waals surface area contributed by atoms with E-state index in [9.17, 15) is 14.4 Å². The number of halogens is 3. The average molecular weight is 462 g/mol. The van der Waals surface area contributed by atoms with Gasteiger partial charge in [0.15, 0.2) is 6.61 Å². The summed E-state index contributed by atoms with van der Waals surface area (Å²) < 4.78 is 5.11. The molecule has 6 nitrogen and oxygen atoms in total. The maximum Gasteiger partial charge on any atom is 0.329 e. The lowest BCUT2D eigenvalue weighted by Gasteiger charge is -2.22. The summed E-state index contributed by atoms with van der Waals surface area (Å²) >= 11 is 19.1. The van der Waals surface area contributed by atoms with E-state index in [0.717, 1.165) is 0 Å². The molecule has 148 valence electrons. The molecular formula is C18H15Cl3N2O4S. The van der Waals surface area contributed by atoms with Crippen LogP contribution in [0.4, 0.5) is 5.69 Å². The van der Waals surface area contributed by atoms with Gasteiger partial charge in [-0.15, -0.1) is 11.3 Å². The van der Waals surface area contributed by atoms with E-state index in [1.165, 1.54) is 28.4 Å². The van der Waals surface area contributed by atoms with E-state index in [0.29, 0.717) is 24.3 Å². The van der Waals surface area contributed by atoms with E-state index in [2.05, 4.69) is 5.32 Å². The number of amides is 2. The first-order chi connectivity index (χ1) is 13.4. The highest BCUT2D eigenvalue weighted by Crippen LogP contribution is 2.32. The number of carbonyl (C=O) groups excluding carboxylic acids is 3. The third-order valence-corrected chi connectivity index (χ3v) is 6.04. The van der Waals surface area contributed by atoms with E-state index in [1.54, 1.807) is 17.5 Å². The Bertz CT molecular complexity index is 904. The fourth-order valence-corrected chi connectivity index (χ4v) is 4.11. The molecule has 0 saturated carbocycles. The number of benzene rings is 1. The molecule has 1 aromatic heterocycles. The number of hydrogen-bond donors (Lipinski definition) is 1. The molecule has 1 aromatic carbocycles. The van der Waals surface area contributed by atoms with Gasteiger partial charge < -0.3 is 15.0 Å². The van der Waals surface area contributed by atoms with Crippen LogP contribution in [0.1, 0.15) is 22.5 Å². The first-order valence-corrected chi connectivity index (χ1v) is 10.3. The van der Waals surface area contributed by atoms with Gasteiger partial charge in [-0.1, -0.05) is 40.9 Å². The van der Waals surface area contributed by atoms with Gasteiger partial charge in [0.25, 0.3) is 11.8 Å². The number of rotatable bonds is 5. The Morgan fingerprint density at radius 3 is 2.64 bits per heavy atom. The van der Waals surface area contributed by atoms with Crippen LogP contribution in [0.5, 0.6) is 0 Å².